The fourth-order valence-corrected chi connectivity index (χ4v) is 2.70. The van der Waals surface area contributed by atoms with Crippen LogP contribution in [0.3, 0.4) is 0 Å². The summed E-state index contributed by atoms with van der Waals surface area (Å²) in [5.41, 5.74) is 1.70. The first-order chi connectivity index (χ1) is 14.1. The van der Waals surface area contributed by atoms with Gasteiger partial charge in [0, 0.05) is 24.3 Å². The average Bonchev–Trinajstić information content (AvgIpc) is 2.71. The molecule has 3 aromatic carbocycles. The lowest BCUT2D eigenvalue weighted by molar-refractivity contribution is -0.115. The van der Waals surface area contributed by atoms with E-state index in [0.717, 1.165) is 28.6 Å². The molecule has 0 atom stereocenters. The molecule has 0 aliphatic rings. The summed E-state index contributed by atoms with van der Waals surface area (Å²) in [4.78, 5) is 12.2. The number of hydrogen-bond donors (Lipinski definition) is 2. The van der Waals surface area contributed by atoms with Gasteiger partial charge in [-0.3, -0.25) is 4.79 Å². The molecule has 29 heavy (non-hydrogen) atoms. The first-order valence-corrected chi connectivity index (χ1v) is 9.72. The van der Waals surface area contributed by atoms with Crippen molar-refractivity contribution in [3.63, 3.8) is 0 Å². The van der Waals surface area contributed by atoms with Crippen molar-refractivity contribution in [2.75, 3.05) is 17.2 Å². The number of hydrogen-bond acceptors (Lipinski definition) is 4. The molecule has 0 spiro atoms. The number of carbonyl (C=O) groups is 1. The minimum atomic E-state index is -0.0472. The van der Waals surface area contributed by atoms with Gasteiger partial charge >= 0.3 is 0 Å². The monoisotopic (exact) mass is 390 g/mol. The van der Waals surface area contributed by atoms with Crippen LogP contribution in [0.4, 0.5) is 11.4 Å². The summed E-state index contributed by atoms with van der Waals surface area (Å²) >= 11 is 0. The molecule has 0 saturated carbocycles. The van der Waals surface area contributed by atoms with E-state index in [2.05, 4.69) is 10.6 Å². The average molecular weight is 390 g/mol. The van der Waals surface area contributed by atoms with Crippen LogP contribution in [0.15, 0.2) is 78.9 Å². The van der Waals surface area contributed by atoms with Crippen LogP contribution in [0.25, 0.3) is 0 Å². The Morgan fingerprint density at radius 1 is 0.793 bits per heavy atom. The van der Waals surface area contributed by atoms with Crippen LogP contribution in [0.5, 0.6) is 17.2 Å². The van der Waals surface area contributed by atoms with Crippen molar-refractivity contribution < 1.29 is 14.3 Å². The van der Waals surface area contributed by atoms with Gasteiger partial charge in [-0.2, -0.15) is 0 Å². The highest BCUT2D eigenvalue weighted by Crippen LogP contribution is 2.22. The number of ether oxygens (including phenoxy) is 2. The molecule has 0 unspecified atom stereocenters. The maximum atomic E-state index is 12.2. The Kier molecular flexibility index (Phi) is 7.11. The van der Waals surface area contributed by atoms with E-state index in [1.54, 1.807) is 0 Å². The molecule has 3 rings (SSSR count). The molecule has 0 saturated heterocycles. The van der Waals surface area contributed by atoms with Gasteiger partial charge in [0.2, 0.25) is 5.91 Å². The zero-order chi connectivity index (χ0) is 20.5. The Morgan fingerprint density at radius 2 is 1.38 bits per heavy atom. The van der Waals surface area contributed by atoms with E-state index in [1.807, 2.05) is 92.7 Å². The summed E-state index contributed by atoms with van der Waals surface area (Å²) in [5.74, 6) is 2.29. The van der Waals surface area contributed by atoms with Crippen molar-refractivity contribution in [1.29, 1.82) is 0 Å². The number of rotatable bonds is 9. The van der Waals surface area contributed by atoms with E-state index in [-0.39, 0.29) is 12.0 Å². The molecular weight excluding hydrogens is 364 g/mol. The maximum absolute atomic E-state index is 12.2. The van der Waals surface area contributed by atoms with E-state index in [0.29, 0.717) is 13.0 Å². The highest BCUT2D eigenvalue weighted by atomic mass is 16.5. The summed E-state index contributed by atoms with van der Waals surface area (Å²) < 4.78 is 11.4. The second-order valence-corrected chi connectivity index (χ2v) is 6.86. The lowest BCUT2D eigenvalue weighted by Crippen LogP contribution is -2.16. The van der Waals surface area contributed by atoms with Gasteiger partial charge in [-0.15, -0.1) is 0 Å². The fraction of sp³-hybridized carbons (Fsp3) is 0.208. The molecule has 2 N–H and O–H groups in total. The van der Waals surface area contributed by atoms with Crippen LogP contribution >= 0.6 is 0 Å². The van der Waals surface area contributed by atoms with Gasteiger partial charge in [0.25, 0.3) is 0 Å². The molecule has 0 aliphatic heterocycles. The summed E-state index contributed by atoms with van der Waals surface area (Å²) in [7, 11) is 0. The van der Waals surface area contributed by atoms with E-state index in [1.165, 1.54) is 0 Å². The third-order valence-corrected chi connectivity index (χ3v) is 4.02. The van der Waals surface area contributed by atoms with E-state index in [9.17, 15) is 4.79 Å². The zero-order valence-electron chi connectivity index (χ0n) is 16.7. The highest BCUT2D eigenvalue weighted by Gasteiger charge is 2.04. The molecule has 5 nitrogen and oxygen atoms in total. The summed E-state index contributed by atoms with van der Waals surface area (Å²) in [6.45, 7) is 4.54. The second kappa shape index (κ2) is 10.2. The smallest absolute Gasteiger partial charge is 0.226 e. The molecule has 0 aliphatic carbocycles. The maximum Gasteiger partial charge on any atom is 0.226 e. The Bertz CT molecular complexity index is 892. The van der Waals surface area contributed by atoms with Crippen LogP contribution in [-0.4, -0.2) is 18.6 Å². The fourth-order valence-electron chi connectivity index (χ4n) is 2.70. The number of carbonyl (C=O) groups excluding carboxylic acids is 1. The minimum absolute atomic E-state index is 0.0472. The Hall–Kier alpha value is -3.47. The summed E-state index contributed by atoms with van der Waals surface area (Å²) in [5, 5.41) is 6.14. The molecule has 5 heteroatoms. The third-order valence-electron chi connectivity index (χ3n) is 4.02. The van der Waals surface area contributed by atoms with E-state index >= 15 is 0 Å². The van der Waals surface area contributed by atoms with Gasteiger partial charge in [0.1, 0.15) is 17.2 Å². The lowest BCUT2D eigenvalue weighted by Gasteiger charge is -2.11. The predicted octanol–water partition coefficient (Wildman–Crippen LogP) is 5.71. The highest BCUT2D eigenvalue weighted by molar-refractivity contribution is 5.91. The normalized spacial score (nSPS) is 10.4. The summed E-state index contributed by atoms with van der Waals surface area (Å²) in [6.07, 6.45) is 0.517. The molecule has 0 fully saturated rings. The van der Waals surface area contributed by atoms with Crippen molar-refractivity contribution in [3.05, 3.63) is 78.9 Å². The van der Waals surface area contributed by atoms with Crippen molar-refractivity contribution in [3.8, 4) is 17.2 Å². The largest absolute Gasteiger partial charge is 0.491 e. The second-order valence-electron chi connectivity index (χ2n) is 6.86. The summed E-state index contributed by atoms with van der Waals surface area (Å²) in [6, 6.07) is 24.6. The SMILES string of the molecule is CC(C)Oc1ccc(NCCC(=O)Nc2ccc(Oc3ccccc3)cc2)cc1. The molecule has 150 valence electrons. The van der Waals surface area contributed by atoms with E-state index < -0.39 is 0 Å². The number of nitrogens with one attached hydrogen (secondary N) is 2. The van der Waals surface area contributed by atoms with Crippen LogP contribution < -0.4 is 20.1 Å². The minimum Gasteiger partial charge on any atom is -0.491 e. The van der Waals surface area contributed by atoms with Gasteiger partial charge in [0.05, 0.1) is 6.10 Å². The quantitative estimate of drug-likeness (QED) is 0.491. The van der Waals surface area contributed by atoms with Crippen LogP contribution in [-0.2, 0) is 4.79 Å². The van der Waals surface area contributed by atoms with Crippen molar-refractivity contribution in [2.45, 2.75) is 26.4 Å². The number of benzene rings is 3. The van der Waals surface area contributed by atoms with Crippen molar-refractivity contribution in [1.82, 2.24) is 0 Å². The van der Waals surface area contributed by atoms with Crippen LogP contribution in [0, 0.1) is 0 Å². The van der Waals surface area contributed by atoms with Gasteiger partial charge < -0.3 is 20.1 Å². The first-order valence-electron chi connectivity index (χ1n) is 9.72. The predicted molar refractivity (Wildman–Crippen MR) is 117 cm³/mol. The molecule has 0 bridgehead atoms. The molecule has 0 radical (unpaired) electrons. The third kappa shape index (κ3) is 6.88. The molecular formula is C24H26N2O3. The number of para-hydroxylation sites is 1. The standard InChI is InChI=1S/C24H26N2O3/c1-18(2)28-22-12-8-19(9-13-22)25-17-16-24(27)26-20-10-14-23(15-11-20)29-21-6-4-3-5-7-21/h3-15,18,25H,16-17H2,1-2H3,(H,26,27). The Morgan fingerprint density at radius 3 is 2.03 bits per heavy atom. The van der Waals surface area contributed by atoms with Gasteiger partial charge in [-0.25, -0.2) is 0 Å². The topological polar surface area (TPSA) is 59.6 Å². The van der Waals surface area contributed by atoms with Crippen molar-refractivity contribution in [2.24, 2.45) is 0 Å². The molecule has 3 aromatic rings. The van der Waals surface area contributed by atoms with Crippen LogP contribution in [0.1, 0.15) is 20.3 Å². The Balaban J connectivity index is 1.41. The molecule has 0 aromatic heterocycles. The van der Waals surface area contributed by atoms with Gasteiger partial charge in [-0.1, -0.05) is 18.2 Å². The molecule has 0 heterocycles. The van der Waals surface area contributed by atoms with Crippen LogP contribution in [0.2, 0.25) is 0 Å². The van der Waals surface area contributed by atoms with Gasteiger partial charge in [-0.05, 0) is 74.5 Å². The first kappa shape index (κ1) is 20.3. The lowest BCUT2D eigenvalue weighted by atomic mass is 10.2. The van der Waals surface area contributed by atoms with Crippen molar-refractivity contribution >= 4 is 17.3 Å². The number of anilines is 2. The van der Waals surface area contributed by atoms with Gasteiger partial charge in [0.15, 0.2) is 0 Å². The molecule has 1 amide bonds. The van der Waals surface area contributed by atoms with E-state index in [4.69, 9.17) is 9.47 Å². The Labute approximate surface area is 171 Å². The zero-order valence-corrected chi connectivity index (χ0v) is 16.7. The number of amides is 1.